The minimum absolute atomic E-state index is 0.0201. The lowest BCUT2D eigenvalue weighted by atomic mass is 10.0. The number of nitrogens with one attached hydrogen (secondary N) is 2. The zero-order chi connectivity index (χ0) is 11.5. The van der Waals surface area contributed by atoms with Gasteiger partial charge in [-0.2, -0.15) is 0 Å². The Morgan fingerprint density at radius 3 is 3.06 bits per heavy atom. The van der Waals surface area contributed by atoms with Gasteiger partial charge in [-0.3, -0.25) is 9.59 Å². The van der Waals surface area contributed by atoms with Gasteiger partial charge in [0.15, 0.2) is 0 Å². The highest BCUT2D eigenvalue weighted by Gasteiger charge is 2.36. The van der Waals surface area contributed by atoms with Crippen LogP contribution in [-0.4, -0.2) is 62.7 Å². The highest BCUT2D eigenvalue weighted by Crippen LogP contribution is 2.16. The first-order valence-electron chi connectivity index (χ1n) is 5.53. The van der Waals surface area contributed by atoms with Crippen molar-refractivity contribution in [1.82, 2.24) is 15.5 Å². The van der Waals surface area contributed by atoms with Crippen LogP contribution in [0.4, 0.5) is 0 Å². The maximum Gasteiger partial charge on any atom is 0.239 e. The molecule has 6 nitrogen and oxygen atoms in total. The number of amides is 2. The quantitative estimate of drug-likeness (QED) is 0.583. The van der Waals surface area contributed by atoms with Crippen LogP contribution in [0.25, 0.3) is 0 Å². The number of carbonyl (C=O) groups excluding carboxylic acids is 2. The lowest BCUT2D eigenvalue weighted by Crippen LogP contribution is -2.53. The van der Waals surface area contributed by atoms with Crippen molar-refractivity contribution in [3.63, 3.8) is 0 Å². The Morgan fingerprint density at radius 2 is 2.38 bits per heavy atom. The molecule has 2 fully saturated rings. The van der Waals surface area contributed by atoms with Crippen LogP contribution in [0.15, 0.2) is 0 Å². The lowest BCUT2D eigenvalue weighted by Gasteiger charge is -2.30. The summed E-state index contributed by atoms with van der Waals surface area (Å²) in [6.45, 7) is 2.32. The van der Waals surface area contributed by atoms with Crippen molar-refractivity contribution in [2.24, 2.45) is 5.92 Å². The molecule has 2 atom stereocenters. The van der Waals surface area contributed by atoms with Gasteiger partial charge in [0.05, 0.1) is 25.7 Å². The van der Waals surface area contributed by atoms with E-state index in [1.165, 1.54) is 0 Å². The first-order valence-corrected chi connectivity index (χ1v) is 5.53. The minimum atomic E-state index is -0.157. The topological polar surface area (TPSA) is 70.7 Å². The van der Waals surface area contributed by atoms with Gasteiger partial charge in [0, 0.05) is 19.1 Å². The molecule has 2 N–H and O–H groups in total. The van der Waals surface area contributed by atoms with E-state index in [1.54, 1.807) is 4.90 Å². The molecule has 90 valence electrons. The molecule has 0 aromatic heterocycles. The summed E-state index contributed by atoms with van der Waals surface area (Å²) in [5.41, 5.74) is 0. The zero-order valence-electron chi connectivity index (χ0n) is 9.36. The molecule has 2 amide bonds. The molecule has 16 heavy (non-hydrogen) atoms. The largest absolute Gasteiger partial charge is 0.379 e. The van der Waals surface area contributed by atoms with Crippen molar-refractivity contribution in [2.45, 2.75) is 6.04 Å². The summed E-state index contributed by atoms with van der Waals surface area (Å²) in [6.07, 6.45) is 0. The van der Waals surface area contributed by atoms with Gasteiger partial charge in [0.1, 0.15) is 0 Å². The normalized spacial score (nSPS) is 30.3. The molecule has 2 saturated heterocycles. The van der Waals surface area contributed by atoms with Crippen molar-refractivity contribution >= 4 is 11.8 Å². The fourth-order valence-electron chi connectivity index (χ4n) is 2.14. The summed E-state index contributed by atoms with van der Waals surface area (Å²) in [5, 5.41) is 5.78. The molecule has 0 aromatic rings. The molecule has 0 saturated carbocycles. The van der Waals surface area contributed by atoms with Crippen LogP contribution >= 0.6 is 0 Å². The zero-order valence-corrected chi connectivity index (χ0v) is 9.36. The van der Waals surface area contributed by atoms with Crippen LogP contribution in [0.2, 0.25) is 0 Å². The SMILES string of the molecule is CNC1COCC1C(=O)N1CCNC(=O)C1. The lowest BCUT2D eigenvalue weighted by molar-refractivity contribution is -0.141. The van der Waals surface area contributed by atoms with Gasteiger partial charge >= 0.3 is 0 Å². The van der Waals surface area contributed by atoms with E-state index in [0.29, 0.717) is 26.3 Å². The number of piperazine rings is 1. The van der Waals surface area contributed by atoms with Gasteiger partial charge in [-0.25, -0.2) is 0 Å². The maximum atomic E-state index is 12.1. The van der Waals surface area contributed by atoms with E-state index in [2.05, 4.69) is 10.6 Å². The van der Waals surface area contributed by atoms with Crippen LogP contribution in [-0.2, 0) is 14.3 Å². The number of hydrogen-bond donors (Lipinski definition) is 2. The molecule has 2 aliphatic heterocycles. The fraction of sp³-hybridized carbons (Fsp3) is 0.800. The van der Waals surface area contributed by atoms with E-state index in [-0.39, 0.29) is 30.3 Å². The summed E-state index contributed by atoms with van der Waals surface area (Å²) in [5.74, 6) is -0.220. The van der Waals surface area contributed by atoms with Crippen LogP contribution in [0, 0.1) is 5.92 Å². The maximum absolute atomic E-state index is 12.1. The van der Waals surface area contributed by atoms with Crippen LogP contribution in [0.3, 0.4) is 0 Å². The first kappa shape index (κ1) is 11.3. The van der Waals surface area contributed by atoms with Crippen LogP contribution in [0.5, 0.6) is 0 Å². The third kappa shape index (κ3) is 2.17. The molecule has 2 unspecified atom stereocenters. The summed E-state index contributed by atoms with van der Waals surface area (Å²) >= 11 is 0. The highest BCUT2D eigenvalue weighted by molar-refractivity contribution is 5.87. The third-order valence-corrected chi connectivity index (χ3v) is 3.12. The Hall–Kier alpha value is -1.14. The molecule has 0 spiro atoms. The Balaban J connectivity index is 1.98. The molecule has 0 aliphatic carbocycles. The van der Waals surface area contributed by atoms with Crippen molar-refractivity contribution in [2.75, 3.05) is 39.9 Å². The van der Waals surface area contributed by atoms with E-state index in [9.17, 15) is 9.59 Å². The second-order valence-electron chi connectivity index (χ2n) is 4.15. The summed E-state index contributed by atoms with van der Waals surface area (Å²) < 4.78 is 5.29. The van der Waals surface area contributed by atoms with E-state index < -0.39 is 0 Å². The average Bonchev–Trinajstić information content (AvgIpc) is 2.76. The second-order valence-corrected chi connectivity index (χ2v) is 4.15. The highest BCUT2D eigenvalue weighted by atomic mass is 16.5. The Bertz CT molecular complexity index is 295. The molecule has 6 heteroatoms. The number of nitrogens with zero attached hydrogens (tertiary/aromatic N) is 1. The molecule has 2 heterocycles. The number of carbonyl (C=O) groups is 2. The van der Waals surface area contributed by atoms with Crippen LogP contribution < -0.4 is 10.6 Å². The van der Waals surface area contributed by atoms with Crippen molar-refractivity contribution in [3.05, 3.63) is 0 Å². The van der Waals surface area contributed by atoms with E-state index in [0.717, 1.165) is 0 Å². The van der Waals surface area contributed by atoms with E-state index >= 15 is 0 Å². The van der Waals surface area contributed by atoms with Gasteiger partial charge in [-0.05, 0) is 7.05 Å². The molecule has 0 bridgehead atoms. The predicted molar refractivity (Wildman–Crippen MR) is 56.7 cm³/mol. The van der Waals surface area contributed by atoms with Crippen LogP contribution in [0.1, 0.15) is 0 Å². The van der Waals surface area contributed by atoms with E-state index in [1.807, 2.05) is 7.05 Å². The molecule has 0 radical (unpaired) electrons. The molecule has 0 aromatic carbocycles. The number of hydrogen-bond acceptors (Lipinski definition) is 4. The smallest absolute Gasteiger partial charge is 0.239 e. The predicted octanol–water partition coefficient (Wildman–Crippen LogP) is -1.82. The average molecular weight is 227 g/mol. The third-order valence-electron chi connectivity index (χ3n) is 3.12. The first-order chi connectivity index (χ1) is 7.72. The van der Waals surface area contributed by atoms with Crippen molar-refractivity contribution in [3.8, 4) is 0 Å². The van der Waals surface area contributed by atoms with E-state index in [4.69, 9.17) is 4.74 Å². The second kappa shape index (κ2) is 4.80. The Kier molecular flexibility index (Phi) is 3.40. The van der Waals surface area contributed by atoms with Gasteiger partial charge in [0.25, 0.3) is 0 Å². The number of likely N-dealkylation sites (N-methyl/N-ethyl adjacent to an activating group) is 1. The molecular weight excluding hydrogens is 210 g/mol. The number of rotatable bonds is 2. The fourth-order valence-corrected chi connectivity index (χ4v) is 2.14. The van der Waals surface area contributed by atoms with Crippen molar-refractivity contribution in [1.29, 1.82) is 0 Å². The van der Waals surface area contributed by atoms with Gasteiger partial charge in [0.2, 0.25) is 11.8 Å². The van der Waals surface area contributed by atoms with Gasteiger partial charge in [-0.15, -0.1) is 0 Å². The molecule has 2 aliphatic rings. The Labute approximate surface area is 94.3 Å². The summed E-state index contributed by atoms with van der Waals surface area (Å²) in [6, 6.07) is 0.0671. The monoisotopic (exact) mass is 227 g/mol. The van der Waals surface area contributed by atoms with Crippen molar-refractivity contribution < 1.29 is 14.3 Å². The van der Waals surface area contributed by atoms with Gasteiger partial charge in [-0.1, -0.05) is 0 Å². The molecular formula is C10H17N3O3. The minimum Gasteiger partial charge on any atom is -0.379 e. The standard InChI is InChI=1S/C10H17N3O3/c1-11-8-6-16-5-7(8)10(15)13-3-2-12-9(14)4-13/h7-8,11H,2-6H2,1H3,(H,12,14). The summed E-state index contributed by atoms with van der Waals surface area (Å²) in [4.78, 5) is 24.9. The molecule has 2 rings (SSSR count). The van der Waals surface area contributed by atoms with Gasteiger partial charge < -0.3 is 20.3 Å². The summed E-state index contributed by atoms with van der Waals surface area (Å²) in [7, 11) is 1.82. The number of ether oxygens (including phenoxy) is 1. The Morgan fingerprint density at radius 1 is 1.56 bits per heavy atom.